The third kappa shape index (κ3) is 5.21. The number of nitrogens with one attached hydrogen (secondary N) is 1. The molecule has 0 fully saturated rings. The highest BCUT2D eigenvalue weighted by molar-refractivity contribution is 5.69. The van der Waals surface area contributed by atoms with Crippen LogP contribution in [0.1, 0.15) is 30.1 Å². The van der Waals surface area contributed by atoms with Crippen molar-refractivity contribution in [3.63, 3.8) is 0 Å². The Bertz CT molecular complexity index is 1420. The van der Waals surface area contributed by atoms with Crippen LogP contribution in [0.25, 0.3) is 11.2 Å². The fraction of sp³-hybridized carbons (Fsp3) is 0.400. The molecule has 0 spiro atoms. The van der Waals surface area contributed by atoms with Gasteiger partial charge in [-0.25, -0.2) is 14.2 Å². The number of H-pyrrole nitrogens is 1. The van der Waals surface area contributed by atoms with Crippen LogP contribution in [0.2, 0.25) is 0 Å². The van der Waals surface area contributed by atoms with Gasteiger partial charge in [-0.1, -0.05) is 12.1 Å². The number of aromatic amines is 1. The van der Waals surface area contributed by atoms with Gasteiger partial charge in [0.15, 0.2) is 11.5 Å². The lowest BCUT2D eigenvalue weighted by Crippen LogP contribution is -2.41. The second-order valence-electron chi connectivity index (χ2n) is 7.74. The van der Waals surface area contributed by atoms with Crippen LogP contribution in [0.3, 0.4) is 0 Å². The first-order valence-corrected chi connectivity index (χ1v) is 10.4. The first-order chi connectivity index (χ1) is 16.1. The minimum Gasteiger partial charge on any atom is -0.336 e. The number of tetrazole rings is 1. The molecular formula is C20H20F4N8O2. The molecule has 4 aromatic rings. The number of aryl methyl sites for hydroxylation is 3. The normalized spacial score (nSPS) is 12.0. The number of imidazole rings is 1. The van der Waals surface area contributed by atoms with Gasteiger partial charge in [0.25, 0.3) is 5.56 Å². The van der Waals surface area contributed by atoms with Crippen molar-refractivity contribution in [1.82, 2.24) is 39.3 Å². The maximum Gasteiger partial charge on any atom is 0.390 e. The standard InChI is InChI=1S/C20H20F4N8O2/c1-12-25-16-17(26-12)30(10-7-20(22,23)24)19(34)31(18(16)33)8-2-9-32-28-15(27-29-32)11-13-3-5-14(21)6-4-13/h3-6H,2,7-11H2,1H3,(H,25,26). The number of fused-ring (bicyclic) bond motifs is 1. The van der Waals surface area contributed by atoms with Gasteiger partial charge >= 0.3 is 11.9 Å². The molecule has 0 unspecified atom stereocenters. The fourth-order valence-corrected chi connectivity index (χ4v) is 3.52. The summed E-state index contributed by atoms with van der Waals surface area (Å²) < 4.78 is 53.0. The molecule has 0 saturated carbocycles. The van der Waals surface area contributed by atoms with E-state index in [0.29, 0.717) is 18.1 Å². The van der Waals surface area contributed by atoms with Gasteiger partial charge in [0.2, 0.25) is 0 Å². The SMILES string of the molecule is Cc1nc2c([nH]1)c(=O)n(CCCn1nnc(Cc3ccc(F)cc3)n1)c(=O)n2CCC(F)(F)F. The van der Waals surface area contributed by atoms with Crippen molar-refractivity contribution in [2.24, 2.45) is 0 Å². The van der Waals surface area contributed by atoms with E-state index in [1.54, 1.807) is 19.1 Å². The van der Waals surface area contributed by atoms with Gasteiger partial charge in [-0.2, -0.15) is 18.0 Å². The molecule has 0 aliphatic heterocycles. The molecule has 34 heavy (non-hydrogen) atoms. The highest BCUT2D eigenvalue weighted by Crippen LogP contribution is 2.20. The Labute approximate surface area is 188 Å². The van der Waals surface area contributed by atoms with Crippen LogP contribution < -0.4 is 11.2 Å². The van der Waals surface area contributed by atoms with Crippen molar-refractivity contribution in [2.75, 3.05) is 0 Å². The third-order valence-electron chi connectivity index (χ3n) is 5.11. The molecule has 0 radical (unpaired) electrons. The molecule has 1 aromatic carbocycles. The van der Waals surface area contributed by atoms with E-state index in [4.69, 9.17) is 0 Å². The molecule has 14 heteroatoms. The molecule has 4 rings (SSSR count). The zero-order chi connectivity index (χ0) is 24.5. The van der Waals surface area contributed by atoms with Crippen molar-refractivity contribution in [2.45, 2.75) is 52.0 Å². The fourth-order valence-electron chi connectivity index (χ4n) is 3.52. The highest BCUT2D eigenvalue weighted by Gasteiger charge is 2.28. The number of alkyl halides is 3. The Morgan fingerprint density at radius 2 is 1.76 bits per heavy atom. The van der Waals surface area contributed by atoms with Gasteiger partial charge in [0.05, 0.1) is 13.0 Å². The third-order valence-corrected chi connectivity index (χ3v) is 5.11. The zero-order valence-electron chi connectivity index (χ0n) is 18.0. The van der Waals surface area contributed by atoms with Crippen LogP contribution in [0.4, 0.5) is 17.6 Å². The van der Waals surface area contributed by atoms with Gasteiger partial charge in [0, 0.05) is 19.5 Å². The van der Waals surface area contributed by atoms with E-state index in [0.717, 1.165) is 14.7 Å². The monoisotopic (exact) mass is 480 g/mol. The summed E-state index contributed by atoms with van der Waals surface area (Å²) in [5.74, 6) is 0.370. The predicted molar refractivity (Wildman–Crippen MR) is 112 cm³/mol. The van der Waals surface area contributed by atoms with Crippen molar-refractivity contribution >= 4 is 11.2 Å². The maximum absolute atomic E-state index is 13.0. The van der Waals surface area contributed by atoms with Crippen LogP contribution in [-0.2, 0) is 26.1 Å². The molecule has 0 atom stereocenters. The highest BCUT2D eigenvalue weighted by atomic mass is 19.4. The molecule has 0 bridgehead atoms. The first-order valence-electron chi connectivity index (χ1n) is 10.4. The van der Waals surface area contributed by atoms with E-state index < -0.39 is 30.4 Å². The Morgan fingerprint density at radius 1 is 1.03 bits per heavy atom. The molecule has 180 valence electrons. The van der Waals surface area contributed by atoms with Gasteiger partial charge in [-0.3, -0.25) is 13.9 Å². The second kappa shape index (κ2) is 9.19. The quantitative estimate of drug-likeness (QED) is 0.386. The molecule has 3 heterocycles. The van der Waals surface area contributed by atoms with E-state index in [-0.39, 0.29) is 36.5 Å². The van der Waals surface area contributed by atoms with Gasteiger partial charge < -0.3 is 4.98 Å². The number of nitrogens with zero attached hydrogens (tertiary/aromatic N) is 7. The minimum absolute atomic E-state index is 0.0280. The molecule has 0 saturated heterocycles. The van der Waals surface area contributed by atoms with Crippen molar-refractivity contribution in [1.29, 1.82) is 0 Å². The summed E-state index contributed by atoms with van der Waals surface area (Å²) in [7, 11) is 0. The number of halogens is 4. The van der Waals surface area contributed by atoms with E-state index >= 15 is 0 Å². The number of rotatable bonds is 8. The average molecular weight is 480 g/mol. The summed E-state index contributed by atoms with van der Waals surface area (Å²) >= 11 is 0. The van der Waals surface area contributed by atoms with E-state index in [1.807, 2.05) is 0 Å². The Kier molecular flexibility index (Phi) is 6.30. The molecule has 1 N–H and O–H groups in total. The van der Waals surface area contributed by atoms with E-state index in [9.17, 15) is 27.2 Å². The predicted octanol–water partition coefficient (Wildman–Crippen LogP) is 1.95. The number of hydrogen-bond donors (Lipinski definition) is 1. The van der Waals surface area contributed by atoms with Gasteiger partial charge in [0.1, 0.15) is 17.2 Å². The summed E-state index contributed by atoms with van der Waals surface area (Å²) in [5, 5.41) is 12.1. The van der Waals surface area contributed by atoms with Crippen LogP contribution in [0.5, 0.6) is 0 Å². The van der Waals surface area contributed by atoms with E-state index in [1.165, 1.54) is 16.9 Å². The molecular weight excluding hydrogens is 460 g/mol. The summed E-state index contributed by atoms with van der Waals surface area (Å²) in [4.78, 5) is 33.6. The lowest BCUT2D eigenvalue weighted by Gasteiger charge is -2.12. The largest absolute Gasteiger partial charge is 0.390 e. The van der Waals surface area contributed by atoms with Gasteiger partial charge in [-0.15, -0.1) is 10.2 Å². The summed E-state index contributed by atoms with van der Waals surface area (Å²) in [5.41, 5.74) is -0.851. The molecule has 10 nitrogen and oxygen atoms in total. The Hall–Kier alpha value is -3.84. The lowest BCUT2D eigenvalue weighted by molar-refractivity contribution is -0.136. The maximum atomic E-state index is 13.0. The van der Waals surface area contributed by atoms with Crippen LogP contribution in [-0.4, -0.2) is 45.5 Å². The summed E-state index contributed by atoms with van der Waals surface area (Å²) in [6.07, 6.45) is -5.10. The second-order valence-corrected chi connectivity index (χ2v) is 7.74. The lowest BCUT2D eigenvalue weighted by atomic mass is 10.1. The Morgan fingerprint density at radius 3 is 2.47 bits per heavy atom. The van der Waals surface area contributed by atoms with E-state index in [2.05, 4.69) is 25.4 Å². The first kappa shape index (κ1) is 23.3. The average Bonchev–Trinajstić information content (AvgIpc) is 3.37. The van der Waals surface area contributed by atoms with Crippen LogP contribution in [0.15, 0.2) is 33.9 Å². The van der Waals surface area contributed by atoms with Crippen LogP contribution in [0, 0.1) is 12.7 Å². The summed E-state index contributed by atoms with van der Waals surface area (Å²) in [6, 6.07) is 5.88. The minimum atomic E-state index is -4.47. The molecule has 0 aliphatic rings. The van der Waals surface area contributed by atoms with Gasteiger partial charge in [-0.05, 0) is 36.3 Å². The number of benzene rings is 1. The van der Waals surface area contributed by atoms with Crippen LogP contribution >= 0.6 is 0 Å². The van der Waals surface area contributed by atoms with Crippen molar-refractivity contribution in [3.05, 3.63) is 68.1 Å². The zero-order valence-corrected chi connectivity index (χ0v) is 18.0. The topological polar surface area (TPSA) is 116 Å². The smallest absolute Gasteiger partial charge is 0.336 e. The summed E-state index contributed by atoms with van der Waals surface area (Å²) in [6.45, 7) is 1.04. The molecule has 0 aliphatic carbocycles. The molecule has 3 aromatic heterocycles. The molecule has 0 amide bonds. The Balaban J connectivity index is 1.49. The number of hydrogen-bond acceptors (Lipinski definition) is 6. The van der Waals surface area contributed by atoms with Crippen molar-refractivity contribution in [3.8, 4) is 0 Å². The number of aromatic nitrogens is 8. The van der Waals surface area contributed by atoms with Crippen molar-refractivity contribution < 1.29 is 17.6 Å².